The minimum absolute atomic E-state index is 0.295. The fourth-order valence-corrected chi connectivity index (χ4v) is 3.11. The predicted molar refractivity (Wildman–Crippen MR) is 81.2 cm³/mol. The number of rotatable bonds is 5. The fourth-order valence-electron chi connectivity index (χ4n) is 1.92. The Morgan fingerprint density at radius 2 is 1.60 bits per heavy atom. The monoisotopic (exact) mass is 290 g/mol. The summed E-state index contributed by atoms with van der Waals surface area (Å²) in [5.74, 6) is 0. The maximum Gasteiger partial charge on any atom is 0.264 e. The Labute approximate surface area is 120 Å². The normalized spacial score (nSPS) is 11.3. The summed E-state index contributed by atoms with van der Waals surface area (Å²) >= 11 is 0. The summed E-state index contributed by atoms with van der Waals surface area (Å²) in [5, 5.41) is 3.03. The zero-order chi connectivity index (χ0) is 14.6. The number of para-hydroxylation sites is 1. The molecule has 0 bridgehead atoms. The second kappa shape index (κ2) is 6.07. The van der Waals surface area contributed by atoms with Crippen molar-refractivity contribution in [2.75, 3.05) is 18.4 Å². The third-order valence-electron chi connectivity index (χ3n) is 3.08. The standard InChI is InChI=1S/C15H18N2O2S/c1-16-12-13-8-10-15(11-9-13)20(18,19)17(2)14-6-4-3-5-7-14/h3-11,16H,12H2,1-2H3. The van der Waals surface area contributed by atoms with Crippen LogP contribution < -0.4 is 9.62 Å². The van der Waals surface area contributed by atoms with E-state index in [-0.39, 0.29) is 0 Å². The van der Waals surface area contributed by atoms with Crippen LogP contribution in [0.25, 0.3) is 0 Å². The van der Waals surface area contributed by atoms with Gasteiger partial charge in [-0.05, 0) is 36.9 Å². The third-order valence-corrected chi connectivity index (χ3v) is 4.88. The van der Waals surface area contributed by atoms with Crippen molar-refractivity contribution in [3.05, 3.63) is 60.2 Å². The van der Waals surface area contributed by atoms with Crippen LogP contribution in [0.15, 0.2) is 59.5 Å². The molecule has 0 aliphatic rings. The molecule has 5 heteroatoms. The van der Waals surface area contributed by atoms with E-state index in [1.807, 2.05) is 37.4 Å². The van der Waals surface area contributed by atoms with Crippen LogP contribution in [0.4, 0.5) is 5.69 Å². The Kier molecular flexibility index (Phi) is 4.42. The molecular weight excluding hydrogens is 272 g/mol. The molecule has 0 unspecified atom stereocenters. The molecule has 0 aliphatic heterocycles. The van der Waals surface area contributed by atoms with Crippen LogP contribution in [0.1, 0.15) is 5.56 Å². The number of benzene rings is 2. The molecule has 0 radical (unpaired) electrons. The second-order valence-electron chi connectivity index (χ2n) is 4.48. The minimum Gasteiger partial charge on any atom is -0.316 e. The van der Waals surface area contributed by atoms with E-state index in [1.54, 1.807) is 31.3 Å². The molecule has 2 rings (SSSR count). The van der Waals surface area contributed by atoms with Crippen LogP contribution >= 0.6 is 0 Å². The van der Waals surface area contributed by atoms with Gasteiger partial charge < -0.3 is 5.32 Å². The second-order valence-corrected chi connectivity index (χ2v) is 6.45. The van der Waals surface area contributed by atoms with Crippen LogP contribution in [0, 0.1) is 0 Å². The molecule has 0 saturated carbocycles. The van der Waals surface area contributed by atoms with Gasteiger partial charge in [-0.2, -0.15) is 0 Å². The van der Waals surface area contributed by atoms with E-state index >= 15 is 0 Å². The van der Waals surface area contributed by atoms with Gasteiger partial charge in [-0.3, -0.25) is 4.31 Å². The molecule has 0 spiro atoms. The first kappa shape index (κ1) is 14.6. The van der Waals surface area contributed by atoms with Gasteiger partial charge in [-0.25, -0.2) is 8.42 Å². The Morgan fingerprint density at radius 1 is 1.00 bits per heavy atom. The van der Waals surface area contributed by atoms with Gasteiger partial charge in [0, 0.05) is 13.6 Å². The van der Waals surface area contributed by atoms with Crippen LogP contribution in [0.5, 0.6) is 0 Å². The quantitative estimate of drug-likeness (QED) is 0.918. The molecule has 0 fully saturated rings. The van der Waals surface area contributed by atoms with E-state index in [1.165, 1.54) is 4.31 Å². The highest BCUT2D eigenvalue weighted by molar-refractivity contribution is 7.92. The van der Waals surface area contributed by atoms with Gasteiger partial charge in [0.15, 0.2) is 0 Å². The average molecular weight is 290 g/mol. The molecule has 0 amide bonds. The number of sulfonamides is 1. The van der Waals surface area contributed by atoms with Crippen LogP contribution in [-0.4, -0.2) is 22.5 Å². The Bertz CT molecular complexity index is 652. The molecule has 0 aromatic heterocycles. The van der Waals surface area contributed by atoms with E-state index in [4.69, 9.17) is 0 Å². The molecule has 0 aliphatic carbocycles. The molecule has 4 nitrogen and oxygen atoms in total. The summed E-state index contributed by atoms with van der Waals surface area (Å²) in [4.78, 5) is 0.295. The molecule has 20 heavy (non-hydrogen) atoms. The smallest absolute Gasteiger partial charge is 0.264 e. The lowest BCUT2D eigenvalue weighted by Gasteiger charge is -2.19. The van der Waals surface area contributed by atoms with Gasteiger partial charge >= 0.3 is 0 Å². The van der Waals surface area contributed by atoms with Gasteiger partial charge in [-0.1, -0.05) is 30.3 Å². The summed E-state index contributed by atoms with van der Waals surface area (Å²) in [5.41, 5.74) is 1.70. The van der Waals surface area contributed by atoms with E-state index in [0.29, 0.717) is 10.6 Å². The first-order chi connectivity index (χ1) is 9.55. The van der Waals surface area contributed by atoms with Gasteiger partial charge in [0.1, 0.15) is 0 Å². The van der Waals surface area contributed by atoms with Crippen LogP contribution in [0.2, 0.25) is 0 Å². The summed E-state index contributed by atoms with van der Waals surface area (Å²) in [6, 6.07) is 16.0. The van der Waals surface area contributed by atoms with Crippen molar-refractivity contribution < 1.29 is 8.42 Å². The lowest BCUT2D eigenvalue weighted by atomic mass is 10.2. The first-order valence-corrected chi connectivity index (χ1v) is 7.77. The van der Waals surface area contributed by atoms with Crippen molar-refractivity contribution in [1.82, 2.24) is 5.32 Å². The van der Waals surface area contributed by atoms with Gasteiger partial charge in [0.25, 0.3) is 10.0 Å². The highest BCUT2D eigenvalue weighted by Gasteiger charge is 2.20. The average Bonchev–Trinajstić information content (AvgIpc) is 2.48. The molecule has 2 aromatic carbocycles. The van der Waals surface area contributed by atoms with Crippen LogP contribution in [0.3, 0.4) is 0 Å². The summed E-state index contributed by atoms with van der Waals surface area (Å²) < 4.78 is 26.3. The molecule has 1 N–H and O–H groups in total. The molecule has 106 valence electrons. The zero-order valence-corrected chi connectivity index (χ0v) is 12.4. The Hall–Kier alpha value is -1.85. The lowest BCUT2D eigenvalue weighted by Crippen LogP contribution is -2.26. The largest absolute Gasteiger partial charge is 0.316 e. The number of nitrogens with zero attached hydrogens (tertiary/aromatic N) is 1. The summed E-state index contributed by atoms with van der Waals surface area (Å²) in [7, 11) is -0.0941. The van der Waals surface area contributed by atoms with Gasteiger partial charge in [-0.15, -0.1) is 0 Å². The first-order valence-electron chi connectivity index (χ1n) is 6.33. The number of nitrogens with one attached hydrogen (secondary N) is 1. The maximum atomic E-state index is 12.5. The SMILES string of the molecule is CNCc1ccc(S(=O)(=O)N(C)c2ccccc2)cc1. The summed E-state index contributed by atoms with van der Waals surface area (Å²) in [6.45, 7) is 0.717. The van der Waals surface area contributed by atoms with Gasteiger partial charge in [0.2, 0.25) is 0 Å². The molecule has 2 aromatic rings. The van der Waals surface area contributed by atoms with Gasteiger partial charge in [0.05, 0.1) is 10.6 Å². The van der Waals surface area contributed by atoms with Crippen molar-refractivity contribution >= 4 is 15.7 Å². The highest BCUT2D eigenvalue weighted by atomic mass is 32.2. The van der Waals surface area contributed by atoms with Crippen molar-refractivity contribution in [2.24, 2.45) is 0 Å². The van der Waals surface area contributed by atoms with E-state index < -0.39 is 10.0 Å². The third kappa shape index (κ3) is 3.00. The minimum atomic E-state index is -3.51. The van der Waals surface area contributed by atoms with E-state index in [0.717, 1.165) is 12.1 Å². The molecule has 0 atom stereocenters. The Morgan fingerprint density at radius 3 is 2.15 bits per heavy atom. The Balaban J connectivity index is 2.30. The fraction of sp³-hybridized carbons (Fsp3) is 0.200. The predicted octanol–water partition coefficient (Wildman–Crippen LogP) is 2.23. The summed E-state index contributed by atoms with van der Waals surface area (Å²) in [6.07, 6.45) is 0. The van der Waals surface area contributed by atoms with E-state index in [9.17, 15) is 8.42 Å². The van der Waals surface area contributed by atoms with Crippen molar-refractivity contribution in [3.8, 4) is 0 Å². The van der Waals surface area contributed by atoms with Crippen molar-refractivity contribution in [2.45, 2.75) is 11.4 Å². The maximum absolute atomic E-state index is 12.5. The number of anilines is 1. The molecular formula is C15H18N2O2S. The van der Waals surface area contributed by atoms with Crippen molar-refractivity contribution in [1.29, 1.82) is 0 Å². The number of hydrogen-bond donors (Lipinski definition) is 1. The molecule has 0 saturated heterocycles. The van der Waals surface area contributed by atoms with Crippen LogP contribution in [-0.2, 0) is 16.6 Å². The van der Waals surface area contributed by atoms with E-state index in [2.05, 4.69) is 5.32 Å². The van der Waals surface area contributed by atoms with Crippen molar-refractivity contribution in [3.63, 3.8) is 0 Å². The topological polar surface area (TPSA) is 49.4 Å². The highest BCUT2D eigenvalue weighted by Crippen LogP contribution is 2.21. The lowest BCUT2D eigenvalue weighted by molar-refractivity contribution is 0.594. The zero-order valence-electron chi connectivity index (χ0n) is 11.6. The molecule has 0 heterocycles. The number of hydrogen-bond acceptors (Lipinski definition) is 3.